The molecule has 1 aromatic rings. The first-order valence-corrected chi connectivity index (χ1v) is 9.18. The van der Waals surface area contributed by atoms with Gasteiger partial charge in [-0.15, -0.1) is 0 Å². The van der Waals surface area contributed by atoms with Crippen molar-refractivity contribution in [2.75, 3.05) is 26.5 Å². The number of halogens is 1. The zero-order valence-corrected chi connectivity index (χ0v) is 14.6. The van der Waals surface area contributed by atoms with Crippen molar-refractivity contribution in [3.63, 3.8) is 0 Å². The molecule has 0 radical (unpaired) electrons. The van der Waals surface area contributed by atoms with Crippen molar-refractivity contribution < 1.29 is 4.74 Å². The molecule has 0 aliphatic heterocycles. The van der Waals surface area contributed by atoms with Crippen molar-refractivity contribution in [2.45, 2.75) is 49.9 Å². The Morgan fingerprint density at radius 3 is 2.90 bits per heavy atom. The highest BCUT2D eigenvalue weighted by atomic mass is 35.5. The van der Waals surface area contributed by atoms with Gasteiger partial charge in [0.15, 0.2) is 0 Å². The van der Waals surface area contributed by atoms with Gasteiger partial charge in [-0.25, -0.2) is 0 Å². The van der Waals surface area contributed by atoms with Crippen LogP contribution < -0.4 is 5.32 Å². The van der Waals surface area contributed by atoms with Crippen LogP contribution in [0.4, 0.5) is 0 Å². The van der Waals surface area contributed by atoms with Gasteiger partial charge in [0.05, 0.1) is 36.1 Å². The van der Waals surface area contributed by atoms with E-state index in [4.69, 9.17) is 16.3 Å². The number of hydrogen-bond donors (Lipinski definition) is 1. The molecule has 1 aliphatic rings. The van der Waals surface area contributed by atoms with Crippen molar-refractivity contribution >= 4 is 23.4 Å². The van der Waals surface area contributed by atoms with E-state index in [0.717, 1.165) is 28.3 Å². The highest BCUT2D eigenvalue weighted by molar-refractivity contribution is 7.99. The highest BCUT2D eigenvalue weighted by Crippen LogP contribution is 2.32. The fourth-order valence-electron chi connectivity index (χ4n) is 2.84. The zero-order chi connectivity index (χ0) is 15.1. The molecule has 120 valence electrons. The van der Waals surface area contributed by atoms with Crippen LogP contribution >= 0.6 is 23.4 Å². The summed E-state index contributed by atoms with van der Waals surface area (Å²) in [5.74, 6) is 1.04. The number of ether oxygens (including phenoxy) is 1. The fraction of sp³-hybridized carbons (Fsp3) is 0.800. The molecule has 6 heteroatoms. The number of nitrogens with one attached hydrogen (secondary N) is 1. The molecule has 1 N–H and O–H groups in total. The number of thioether (sulfide) groups is 1. The molecule has 1 heterocycles. The smallest absolute Gasteiger partial charge is 0.0834 e. The van der Waals surface area contributed by atoms with E-state index in [-0.39, 0.29) is 6.04 Å². The van der Waals surface area contributed by atoms with E-state index in [9.17, 15) is 0 Å². The van der Waals surface area contributed by atoms with Gasteiger partial charge in [-0.3, -0.25) is 4.68 Å². The van der Waals surface area contributed by atoms with Crippen LogP contribution in [0.5, 0.6) is 0 Å². The zero-order valence-electron chi connectivity index (χ0n) is 13.0. The Balaban J connectivity index is 1.97. The van der Waals surface area contributed by atoms with E-state index in [1.165, 1.54) is 32.1 Å². The van der Waals surface area contributed by atoms with Gasteiger partial charge in [-0.2, -0.15) is 16.9 Å². The first-order chi connectivity index (χ1) is 10.3. The maximum Gasteiger partial charge on any atom is 0.0834 e. The molecule has 1 unspecified atom stereocenters. The Hall–Kier alpha value is -0.230. The molecule has 21 heavy (non-hydrogen) atoms. The quantitative estimate of drug-likeness (QED) is 0.791. The van der Waals surface area contributed by atoms with Crippen LogP contribution in [0.15, 0.2) is 6.20 Å². The average Bonchev–Trinajstić information content (AvgIpc) is 2.88. The van der Waals surface area contributed by atoms with E-state index in [1.807, 2.05) is 11.7 Å². The van der Waals surface area contributed by atoms with Crippen molar-refractivity contribution in [3.8, 4) is 0 Å². The number of nitrogens with zero attached hydrogens (tertiary/aromatic N) is 2. The van der Waals surface area contributed by atoms with Gasteiger partial charge in [-0.05, 0) is 19.9 Å². The average molecular weight is 332 g/mol. The second kappa shape index (κ2) is 9.03. The number of rotatable bonds is 8. The first-order valence-electron chi connectivity index (χ1n) is 7.75. The van der Waals surface area contributed by atoms with Crippen molar-refractivity contribution in [1.82, 2.24) is 15.1 Å². The minimum atomic E-state index is 0.240. The van der Waals surface area contributed by atoms with Gasteiger partial charge in [0.1, 0.15) is 0 Å². The number of methoxy groups -OCH3 is 1. The molecule has 1 aliphatic carbocycles. The lowest BCUT2D eigenvalue weighted by Gasteiger charge is -2.24. The van der Waals surface area contributed by atoms with Crippen molar-refractivity contribution in [1.29, 1.82) is 0 Å². The van der Waals surface area contributed by atoms with Crippen LogP contribution in [0.1, 0.15) is 43.8 Å². The largest absolute Gasteiger partial charge is 0.383 e. The SMILES string of the molecule is CNC(CSC1CCCCC1)c1c(Cl)cnn1CCOC. The second-order valence-corrected chi connectivity index (χ2v) is 7.27. The van der Waals surface area contributed by atoms with E-state index < -0.39 is 0 Å². The molecule has 4 nitrogen and oxygen atoms in total. The molecule has 0 saturated heterocycles. The van der Waals surface area contributed by atoms with Gasteiger partial charge >= 0.3 is 0 Å². The molecule has 0 aromatic carbocycles. The normalized spacial score (nSPS) is 18.0. The van der Waals surface area contributed by atoms with E-state index in [1.54, 1.807) is 13.3 Å². The molecule has 1 atom stereocenters. The van der Waals surface area contributed by atoms with Gasteiger partial charge in [0.2, 0.25) is 0 Å². The molecule has 1 saturated carbocycles. The molecule has 1 fully saturated rings. The minimum Gasteiger partial charge on any atom is -0.383 e. The Kier molecular flexibility index (Phi) is 7.37. The highest BCUT2D eigenvalue weighted by Gasteiger charge is 2.21. The van der Waals surface area contributed by atoms with Crippen LogP contribution in [0.2, 0.25) is 5.02 Å². The first kappa shape index (κ1) is 17.1. The topological polar surface area (TPSA) is 39.1 Å². The summed E-state index contributed by atoms with van der Waals surface area (Å²) in [6.45, 7) is 1.39. The summed E-state index contributed by atoms with van der Waals surface area (Å²) in [6.07, 6.45) is 8.63. The summed E-state index contributed by atoms with van der Waals surface area (Å²) >= 11 is 8.42. The lowest BCUT2D eigenvalue weighted by molar-refractivity contribution is 0.182. The maximum atomic E-state index is 6.35. The summed E-state index contributed by atoms with van der Waals surface area (Å²) in [4.78, 5) is 0. The standard InChI is InChI=1S/C15H26ClN3OS/c1-17-14(11-21-12-6-4-3-5-7-12)15-13(16)10-18-19(15)8-9-20-2/h10,12,14,17H,3-9,11H2,1-2H3. The van der Waals surface area contributed by atoms with E-state index in [0.29, 0.717) is 6.61 Å². The van der Waals surface area contributed by atoms with Crippen LogP contribution in [-0.2, 0) is 11.3 Å². The van der Waals surface area contributed by atoms with Gasteiger partial charge in [-0.1, -0.05) is 30.9 Å². The Morgan fingerprint density at radius 2 is 2.24 bits per heavy atom. The number of hydrogen-bond acceptors (Lipinski definition) is 4. The second-order valence-electron chi connectivity index (χ2n) is 5.53. The monoisotopic (exact) mass is 331 g/mol. The molecule has 1 aromatic heterocycles. The third kappa shape index (κ3) is 4.88. The van der Waals surface area contributed by atoms with Gasteiger partial charge in [0.25, 0.3) is 0 Å². The fourth-order valence-corrected chi connectivity index (χ4v) is 4.57. The minimum absolute atomic E-state index is 0.240. The van der Waals surface area contributed by atoms with Crippen LogP contribution in [-0.4, -0.2) is 41.5 Å². The molecule has 0 amide bonds. The van der Waals surface area contributed by atoms with E-state index in [2.05, 4.69) is 22.2 Å². The van der Waals surface area contributed by atoms with E-state index >= 15 is 0 Å². The Bertz CT molecular complexity index is 421. The lowest BCUT2D eigenvalue weighted by Crippen LogP contribution is -2.25. The summed E-state index contributed by atoms with van der Waals surface area (Å²) in [7, 11) is 3.70. The molecular weight excluding hydrogens is 306 g/mol. The molecular formula is C15H26ClN3OS. The Labute approximate surface area is 137 Å². The van der Waals surface area contributed by atoms with Gasteiger partial charge < -0.3 is 10.1 Å². The molecule has 0 bridgehead atoms. The summed E-state index contributed by atoms with van der Waals surface area (Å²) in [5, 5.41) is 9.32. The van der Waals surface area contributed by atoms with Crippen LogP contribution in [0, 0.1) is 0 Å². The third-order valence-electron chi connectivity index (χ3n) is 4.07. The lowest BCUT2D eigenvalue weighted by atomic mass is 10.0. The predicted molar refractivity (Wildman–Crippen MR) is 90.2 cm³/mol. The van der Waals surface area contributed by atoms with Crippen LogP contribution in [0.25, 0.3) is 0 Å². The van der Waals surface area contributed by atoms with Crippen LogP contribution in [0.3, 0.4) is 0 Å². The summed E-state index contributed by atoms with van der Waals surface area (Å²) < 4.78 is 7.12. The van der Waals surface area contributed by atoms with Crippen molar-refractivity contribution in [2.24, 2.45) is 0 Å². The molecule has 2 rings (SSSR count). The third-order valence-corrected chi connectivity index (χ3v) is 5.83. The maximum absolute atomic E-state index is 6.35. The number of aromatic nitrogens is 2. The van der Waals surface area contributed by atoms with Crippen molar-refractivity contribution in [3.05, 3.63) is 16.9 Å². The van der Waals surface area contributed by atoms with Gasteiger partial charge in [0, 0.05) is 18.1 Å². The molecule has 0 spiro atoms. The predicted octanol–water partition coefficient (Wildman–Crippen LogP) is 3.51. The Morgan fingerprint density at radius 1 is 1.48 bits per heavy atom. The summed E-state index contributed by atoms with van der Waals surface area (Å²) in [5.41, 5.74) is 1.08. The summed E-state index contributed by atoms with van der Waals surface area (Å²) in [6, 6.07) is 0.240.